The molecule has 2 aliphatic rings. The summed E-state index contributed by atoms with van der Waals surface area (Å²) in [6.07, 6.45) is 1.92. The van der Waals surface area contributed by atoms with Crippen molar-refractivity contribution in [1.82, 2.24) is 15.1 Å². The van der Waals surface area contributed by atoms with Gasteiger partial charge in [0.2, 0.25) is 5.91 Å². The molecular formula is C17H22BrN3O2. The molecule has 23 heavy (non-hydrogen) atoms. The Kier molecular flexibility index (Phi) is 5.02. The summed E-state index contributed by atoms with van der Waals surface area (Å²) in [7, 11) is 0. The predicted octanol–water partition coefficient (Wildman–Crippen LogP) is 1.79. The molecule has 124 valence electrons. The van der Waals surface area contributed by atoms with E-state index in [1.54, 1.807) is 0 Å². The third-order valence-electron chi connectivity index (χ3n) is 4.75. The Morgan fingerprint density at radius 3 is 2.96 bits per heavy atom. The van der Waals surface area contributed by atoms with Gasteiger partial charge in [-0.1, -0.05) is 22.0 Å². The Bertz CT molecular complexity index is 620. The van der Waals surface area contributed by atoms with Crippen molar-refractivity contribution < 1.29 is 9.59 Å². The van der Waals surface area contributed by atoms with Crippen LogP contribution in [-0.2, 0) is 4.79 Å². The Morgan fingerprint density at radius 1 is 1.35 bits per heavy atom. The number of hydrogen-bond donors (Lipinski definition) is 1. The molecule has 0 spiro atoms. The van der Waals surface area contributed by atoms with Crippen molar-refractivity contribution in [3.8, 4) is 0 Å². The van der Waals surface area contributed by atoms with Gasteiger partial charge in [-0.15, -0.1) is 0 Å². The van der Waals surface area contributed by atoms with Crippen molar-refractivity contribution in [2.24, 2.45) is 0 Å². The lowest BCUT2D eigenvalue weighted by atomic mass is 10.0. The van der Waals surface area contributed by atoms with E-state index in [2.05, 4.69) is 21.2 Å². The number of piperidine rings is 1. The summed E-state index contributed by atoms with van der Waals surface area (Å²) in [5.74, 6) is 0.213. The Labute approximate surface area is 145 Å². The summed E-state index contributed by atoms with van der Waals surface area (Å²) in [5.41, 5.74) is 1.71. The fourth-order valence-electron chi connectivity index (χ4n) is 3.41. The molecule has 0 radical (unpaired) electrons. The van der Waals surface area contributed by atoms with Crippen molar-refractivity contribution in [3.63, 3.8) is 0 Å². The molecule has 1 atom stereocenters. The molecular weight excluding hydrogens is 358 g/mol. The van der Waals surface area contributed by atoms with Crippen LogP contribution in [0.1, 0.15) is 28.8 Å². The molecule has 2 amide bonds. The normalized spacial score (nSPS) is 22.3. The Hall–Kier alpha value is -1.40. The summed E-state index contributed by atoms with van der Waals surface area (Å²) in [6.45, 7) is 5.34. The second-order valence-electron chi connectivity index (χ2n) is 6.22. The summed E-state index contributed by atoms with van der Waals surface area (Å²) in [6, 6.07) is 5.87. The molecule has 3 rings (SSSR count). The zero-order chi connectivity index (χ0) is 16.4. The number of hydrogen-bond acceptors (Lipinski definition) is 3. The molecule has 0 bridgehead atoms. The van der Waals surface area contributed by atoms with E-state index >= 15 is 0 Å². The third kappa shape index (κ3) is 3.43. The van der Waals surface area contributed by atoms with Gasteiger partial charge in [0.05, 0.1) is 6.54 Å². The van der Waals surface area contributed by atoms with E-state index in [0.717, 1.165) is 48.1 Å². The van der Waals surface area contributed by atoms with Gasteiger partial charge in [0.25, 0.3) is 5.91 Å². The van der Waals surface area contributed by atoms with Gasteiger partial charge >= 0.3 is 0 Å². The monoisotopic (exact) mass is 379 g/mol. The summed E-state index contributed by atoms with van der Waals surface area (Å²) < 4.78 is 0.953. The maximum Gasteiger partial charge on any atom is 0.254 e. The molecule has 2 saturated heterocycles. The van der Waals surface area contributed by atoms with Crippen LogP contribution < -0.4 is 5.32 Å². The minimum Gasteiger partial charge on any atom is -0.337 e. The minimum atomic E-state index is 0.0658. The molecule has 2 fully saturated rings. The lowest BCUT2D eigenvalue weighted by Gasteiger charge is -2.41. The number of nitrogens with zero attached hydrogens (tertiary/aromatic N) is 2. The van der Waals surface area contributed by atoms with Gasteiger partial charge in [-0.2, -0.15) is 0 Å². The number of benzene rings is 1. The number of halogens is 1. The standard InChI is InChI=1S/C17H22BrN3O2/c1-12-14(5-2-6-15(12)18)17(23)20-8-3-4-13(11-20)21-9-7-19-10-16(21)22/h2,5-6,13,19H,3-4,7-11H2,1H3. The van der Waals surface area contributed by atoms with E-state index in [-0.39, 0.29) is 17.9 Å². The molecule has 2 aliphatic heterocycles. The first-order valence-electron chi connectivity index (χ1n) is 8.12. The first kappa shape index (κ1) is 16.5. The first-order chi connectivity index (χ1) is 11.1. The van der Waals surface area contributed by atoms with Crippen LogP contribution in [0, 0.1) is 6.92 Å². The molecule has 1 unspecified atom stereocenters. The number of carbonyl (C=O) groups excluding carboxylic acids is 2. The molecule has 5 nitrogen and oxygen atoms in total. The van der Waals surface area contributed by atoms with Crippen molar-refractivity contribution in [2.45, 2.75) is 25.8 Å². The zero-order valence-corrected chi connectivity index (χ0v) is 14.9. The highest BCUT2D eigenvalue weighted by atomic mass is 79.9. The lowest BCUT2D eigenvalue weighted by Crippen LogP contribution is -2.57. The highest BCUT2D eigenvalue weighted by Gasteiger charge is 2.32. The molecule has 0 saturated carbocycles. The molecule has 2 heterocycles. The van der Waals surface area contributed by atoms with E-state index in [9.17, 15) is 9.59 Å². The van der Waals surface area contributed by atoms with Crippen molar-refractivity contribution in [2.75, 3.05) is 32.7 Å². The van der Waals surface area contributed by atoms with Gasteiger partial charge in [0, 0.05) is 42.3 Å². The summed E-state index contributed by atoms with van der Waals surface area (Å²) in [4.78, 5) is 28.8. The number of rotatable bonds is 2. The van der Waals surface area contributed by atoms with Gasteiger partial charge in [-0.05, 0) is 37.5 Å². The number of nitrogens with one attached hydrogen (secondary N) is 1. The highest BCUT2D eigenvalue weighted by molar-refractivity contribution is 9.10. The largest absolute Gasteiger partial charge is 0.337 e. The fourth-order valence-corrected chi connectivity index (χ4v) is 3.78. The molecule has 0 aliphatic carbocycles. The van der Waals surface area contributed by atoms with Crippen molar-refractivity contribution in [1.29, 1.82) is 0 Å². The second-order valence-corrected chi connectivity index (χ2v) is 7.08. The van der Waals surface area contributed by atoms with E-state index in [0.29, 0.717) is 13.1 Å². The topological polar surface area (TPSA) is 52.7 Å². The highest BCUT2D eigenvalue weighted by Crippen LogP contribution is 2.23. The lowest BCUT2D eigenvalue weighted by molar-refractivity contribution is -0.135. The van der Waals surface area contributed by atoms with Crippen molar-refractivity contribution in [3.05, 3.63) is 33.8 Å². The SMILES string of the molecule is Cc1c(Br)cccc1C(=O)N1CCCC(N2CCNCC2=O)C1. The van der Waals surface area contributed by atoms with Crippen LogP contribution in [0.4, 0.5) is 0 Å². The fraction of sp³-hybridized carbons (Fsp3) is 0.529. The van der Waals surface area contributed by atoms with Crippen LogP contribution in [0.15, 0.2) is 22.7 Å². The predicted molar refractivity (Wildman–Crippen MR) is 92.4 cm³/mol. The molecule has 6 heteroatoms. The van der Waals surface area contributed by atoms with Crippen LogP contribution in [-0.4, -0.2) is 60.4 Å². The van der Waals surface area contributed by atoms with Crippen molar-refractivity contribution >= 4 is 27.7 Å². The Morgan fingerprint density at radius 2 is 2.17 bits per heavy atom. The van der Waals surface area contributed by atoms with Crippen LogP contribution in [0.3, 0.4) is 0 Å². The first-order valence-corrected chi connectivity index (χ1v) is 8.92. The van der Waals surface area contributed by atoms with Gasteiger partial charge in [-0.3, -0.25) is 9.59 Å². The van der Waals surface area contributed by atoms with Gasteiger partial charge in [-0.25, -0.2) is 0 Å². The quantitative estimate of drug-likeness (QED) is 0.852. The van der Waals surface area contributed by atoms with E-state index in [1.807, 2.05) is 34.9 Å². The van der Waals surface area contributed by atoms with Gasteiger partial charge < -0.3 is 15.1 Å². The zero-order valence-electron chi connectivity index (χ0n) is 13.3. The van der Waals surface area contributed by atoms with E-state index < -0.39 is 0 Å². The third-order valence-corrected chi connectivity index (χ3v) is 5.61. The van der Waals surface area contributed by atoms with Gasteiger partial charge in [0.1, 0.15) is 0 Å². The maximum absolute atomic E-state index is 12.9. The Balaban J connectivity index is 1.74. The van der Waals surface area contributed by atoms with E-state index in [4.69, 9.17) is 0 Å². The van der Waals surface area contributed by atoms with E-state index in [1.165, 1.54) is 0 Å². The number of amides is 2. The summed E-state index contributed by atoms with van der Waals surface area (Å²) in [5, 5.41) is 3.10. The smallest absolute Gasteiger partial charge is 0.254 e. The van der Waals surface area contributed by atoms with Gasteiger partial charge in [0.15, 0.2) is 0 Å². The number of piperazine rings is 1. The van der Waals surface area contributed by atoms with Crippen LogP contribution >= 0.6 is 15.9 Å². The average molecular weight is 380 g/mol. The number of carbonyl (C=O) groups is 2. The summed E-state index contributed by atoms with van der Waals surface area (Å²) >= 11 is 3.49. The maximum atomic E-state index is 12.9. The molecule has 1 aromatic rings. The van der Waals surface area contributed by atoms with Crippen LogP contribution in [0.5, 0.6) is 0 Å². The van der Waals surface area contributed by atoms with Crippen LogP contribution in [0.2, 0.25) is 0 Å². The molecule has 1 aromatic carbocycles. The second kappa shape index (κ2) is 7.01. The van der Waals surface area contributed by atoms with Crippen LogP contribution in [0.25, 0.3) is 0 Å². The number of likely N-dealkylation sites (tertiary alicyclic amines) is 1. The molecule has 0 aromatic heterocycles. The average Bonchev–Trinajstić information content (AvgIpc) is 2.57. The minimum absolute atomic E-state index is 0.0658. The molecule has 1 N–H and O–H groups in total.